The summed E-state index contributed by atoms with van der Waals surface area (Å²) in [5.74, 6) is 0.130. The Morgan fingerprint density at radius 2 is 1.89 bits per heavy atom. The predicted octanol–water partition coefficient (Wildman–Crippen LogP) is 2.56. The van der Waals surface area contributed by atoms with Crippen LogP contribution in [0.25, 0.3) is 0 Å². The maximum atomic E-state index is 13.3. The SMILES string of the molecule is CC(C)(C(=O)N1CCc2ccc(NC(=O)[C@@H]3CCCO3)cc2C1)N1CCCC1. The molecule has 28 heavy (non-hydrogen) atoms. The van der Waals surface area contributed by atoms with E-state index in [-0.39, 0.29) is 17.9 Å². The van der Waals surface area contributed by atoms with Crippen LogP contribution in [0, 0.1) is 0 Å². The first-order chi connectivity index (χ1) is 13.4. The number of nitrogens with one attached hydrogen (secondary N) is 1. The number of carbonyl (C=O) groups is 2. The van der Waals surface area contributed by atoms with Crippen LogP contribution < -0.4 is 5.32 Å². The number of rotatable bonds is 4. The highest BCUT2D eigenvalue weighted by molar-refractivity contribution is 5.94. The minimum absolute atomic E-state index is 0.0728. The molecule has 0 aliphatic carbocycles. The van der Waals surface area contributed by atoms with Gasteiger partial charge in [-0.15, -0.1) is 0 Å². The lowest BCUT2D eigenvalue weighted by Crippen LogP contribution is -2.55. The first-order valence-corrected chi connectivity index (χ1v) is 10.5. The molecule has 1 aromatic rings. The summed E-state index contributed by atoms with van der Waals surface area (Å²) in [4.78, 5) is 29.9. The minimum Gasteiger partial charge on any atom is -0.368 e. The predicted molar refractivity (Wildman–Crippen MR) is 108 cm³/mol. The maximum Gasteiger partial charge on any atom is 0.253 e. The van der Waals surface area contributed by atoms with Gasteiger partial charge in [-0.2, -0.15) is 0 Å². The van der Waals surface area contributed by atoms with E-state index in [2.05, 4.69) is 30.1 Å². The molecule has 4 rings (SSSR count). The van der Waals surface area contributed by atoms with Crippen molar-refractivity contribution in [1.82, 2.24) is 9.80 Å². The second-order valence-corrected chi connectivity index (χ2v) is 8.70. The zero-order chi connectivity index (χ0) is 19.7. The van der Waals surface area contributed by atoms with Crippen LogP contribution in [0.4, 0.5) is 5.69 Å². The van der Waals surface area contributed by atoms with Gasteiger partial charge in [0.15, 0.2) is 0 Å². The van der Waals surface area contributed by atoms with Gasteiger partial charge in [0.25, 0.3) is 5.91 Å². The standard InChI is InChI=1S/C22H31N3O3/c1-22(2,25-10-3-4-11-25)21(27)24-12-9-16-7-8-18(14-17(16)15-24)23-20(26)19-6-5-13-28-19/h7-8,14,19H,3-6,9-13,15H2,1-2H3,(H,23,26)/t19-/m0/s1. The summed E-state index contributed by atoms with van der Waals surface area (Å²) in [5.41, 5.74) is 2.71. The third-order valence-corrected chi connectivity index (χ3v) is 6.42. The van der Waals surface area contributed by atoms with Crippen molar-refractivity contribution in [3.63, 3.8) is 0 Å². The molecule has 0 spiro atoms. The number of amides is 2. The van der Waals surface area contributed by atoms with Crippen LogP contribution in [0.5, 0.6) is 0 Å². The van der Waals surface area contributed by atoms with Gasteiger partial charge in [0.1, 0.15) is 6.10 Å². The molecule has 0 bridgehead atoms. The van der Waals surface area contributed by atoms with Crippen LogP contribution in [0.1, 0.15) is 50.7 Å². The van der Waals surface area contributed by atoms with E-state index >= 15 is 0 Å². The normalized spacial score (nSPS) is 22.9. The van der Waals surface area contributed by atoms with Gasteiger partial charge in [-0.1, -0.05) is 6.07 Å². The number of anilines is 1. The Bertz CT molecular complexity index is 749. The highest BCUT2D eigenvalue weighted by Gasteiger charge is 2.39. The molecule has 6 nitrogen and oxygen atoms in total. The Morgan fingerprint density at radius 3 is 2.61 bits per heavy atom. The van der Waals surface area contributed by atoms with E-state index < -0.39 is 5.54 Å². The molecule has 3 aliphatic rings. The zero-order valence-corrected chi connectivity index (χ0v) is 17.0. The van der Waals surface area contributed by atoms with E-state index in [0.29, 0.717) is 13.2 Å². The van der Waals surface area contributed by atoms with Crippen LogP contribution >= 0.6 is 0 Å². The van der Waals surface area contributed by atoms with Gasteiger partial charge in [-0.05, 0) is 82.3 Å². The molecule has 0 unspecified atom stereocenters. The van der Waals surface area contributed by atoms with E-state index in [1.165, 1.54) is 18.4 Å². The quantitative estimate of drug-likeness (QED) is 0.865. The number of hydrogen-bond acceptors (Lipinski definition) is 4. The van der Waals surface area contributed by atoms with Crippen molar-refractivity contribution in [3.8, 4) is 0 Å². The molecule has 1 atom stereocenters. The molecule has 2 fully saturated rings. The monoisotopic (exact) mass is 385 g/mol. The molecule has 1 aromatic carbocycles. The third-order valence-electron chi connectivity index (χ3n) is 6.42. The smallest absolute Gasteiger partial charge is 0.253 e. The third kappa shape index (κ3) is 3.80. The van der Waals surface area contributed by atoms with Gasteiger partial charge in [0, 0.05) is 25.4 Å². The molecule has 0 saturated carbocycles. The summed E-state index contributed by atoms with van der Waals surface area (Å²) in [7, 11) is 0. The van der Waals surface area contributed by atoms with Crippen molar-refractivity contribution in [1.29, 1.82) is 0 Å². The van der Waals surface area contributed by atoms with E-state index in [0.717, 1.165) is 50.1 Å². The van der Waals surface area contributed by atoms with E-state index in [1.54, 1.807) is 0 Å². The van der Waals surface area contributed by atoms with Crippen LogP contribution in [-0.4, -0.2) is 59.5 Å². The Kier molecular flexibility index (Phi) is 5.43. The highest BCUT2D eigenvalue weighted by Crippen LogP contribution is 2.28. The summed E-state index contributed by atoms with van der Waals surface area (Å²) in [6.07, 6.45) is 4.59. The molecule has 0 aromatic heterocycles. The van der Waals surface area contributed by atoms with Crippen molar-refractivity contribution in [3.05, 3.63) is 29.3 Å². The Balaban J connectivity index is 1.45. The molecule has 2 amide bonds. The fourth-order valence-corrected chi connectivity index (χ4v) is 4.61. The average molecular weight is 386 g/mol. The Labute approximate surface area is 167 Å². The van der Waals surface area contributed by atoms with E-state index in [9.17, 15) is 9.59 Å². The number of hydrogen-bond donors (Lipinski definition) is 1. The van der Waals surface area contributed by atoms with Crippen molar-refractivity contribution < 1.29 is 14.3 Å². The zero-order valence-electron chi connectivity index (χ0n) is 17.0. The van der Waals surface area contributed by atoms with Gasteiger partial charge in [-0.3, -0.25) is 14.5 Å². The van der Waals surface area contributed by atoms with Crippen LogP contribution in [0.2, 0.25) is 0 Å². The number of likely N-dealkylation sites (tertiary alicyclic amines) is 1. The van der Waals surface area contributed by atoms with Gasteiger partial charge >= 0.3 is 0 Å². The number of carbonyl (C=O) groups excluding carboxylic acids is 2. The van der Waals surface area contributed by atoms with E-state index in [1.807, 2.05) is 17.0 Å². The highest BCUT2D eigenvalue weighted by atomic mass is 16.5. The lowest BCUT2D eigenvalue weighted by Gasteiger charge is -2.40. The van der Waals surface area contributed by atoms with Gasteiger partial charge in [-0.25, -0.2) is 0 Å². The fraction of sp³-hybridized carbons (Fsp3) is 0.636. The molecule has 2 saturated heterocycles. The topological polar surface area (TPSA) is 61.9 Å². The molecule has 3 heterocycles. The minimum atomic E-state index is -0.459. The summed E-state index contributed by atoms with van der Waals surface area (Å²) in [5, 5.41) is 2.98. The molecule has 3 aliphatic heterocycles. The molecular weight excluding hydrogens is 354 g/mol. The fourth-order valence-electron chi connectivity index (χ4n) is 4.61. The van der Waals surface area contributed by atoms with Crippen LogP contribution in [0.3, 0.4) is 0 Å². The van der Waals surface area contributed by atoms with E-state index in [4.69, 9.17) is 4.74 Å². The van der Waals surface area contributed by atoms with Crippen molar-refractivity contribution >= 4 is 17.5 Å². The number of fused-ring (bicyclic) bond motifs is 1. The van der Waals surface area contributed by atoms with Gasteiger partial charge in [0.2, 0.25) is 5.91 Å². The number of nitrogens with zero attached hydrogens (tertiary/aromatic N) is 2. The molecule has 6 heteroatoms. The molecule has 0 radical (unpaired) electrons. The first kappa shape index (κ1) is 19.4. The van der Waals surface area contributed by atoms with Crippen LogP contribution in [0.15, 0.2) is 18.2 Å². The average Bonchev–Trinajstić information content (AvgIpc) is 3.40. The lowest BCUT2D eigenvalue weighted by atomic mass is 9.95. The Hall–Kier alpha value is -1.92. The second-order valence-electron chi connectivity index (χ2n) is 8.70. The van der Waals surface area contributed by atoms with Crippen molar-refractivity contribution in [2.75, 3.05) is 31.6 Å². The van der Waals surface area contributed by atoms with Crippen molar-refractivity contribution in [2.45, 2.75) is 64.1 Å². The lowest BCUT2D eigenvalue weighted by molar-refractivity contribution is -0.143. The molecular formula is C22H31N3O3. The molecule has 1 N–H and O–H groups in total. The maximum absolute atomic E-state index is 13.3. The summed E-state index contributed by atoms with van der Waals surface area (Å²) in [6, 6.07) is 6.05. The summed E-state index contributed by atoms with van der Waals surface area (Å²) < 4.78 is 5.46. The summed E-state index contributed by atoms with van der Waals surface area (Å²) >= 11 is 0. The number of benzene rings is 1. The summed E-state index contributed by atoms with van der Waals surface area (Å²) in [6.45, 7) is 8.12. The molecule has 152 valence electrons. The Morgan fingerprint density at radius 1 is 1.11 bits per heavy atom. The van der Waals surface area contributed by atoms with Crippen molar-refractivity contribution in [2.24, 2.45) is 0 Å². The van der Waals surface area contributed by atoms with Gasteiger partial charge < -0.3 is 15.0 Å². The van der Waals surface area contributed by atoms with Gasteiger partial charge in [0.05, 0.1) is 5.54 Å². The largest absolute Gasteiger partial charge is 0.368 e. The second kappa shape index (κ2) is 7.84. The first-order valence-electron chi connectivity index (χ1n) is 10.5. The number of ether oxygens (including phenoxy) is 1. The van der Waals surface area contributed by atoms with Crippen LogP contribution in [-0.2, 0) is 27.3 Å².